The van der Waals surface area contributed by atoms with E-state index in [0.717, 1.165) is 25.9 Å². The van der Waals surface area contributed by atoms with Crippen LogP contribution in [-0.2, 0) is 4.74 Å². The number of amides is 1. The third-order valence-electron chi connectivity index (χ3n) is 6.74. The SMILES string of the molecule is CCOC(=O)N1CCCC(N2CCC(N3CCCC3c3nccs3)CC2)CC1. The molecule has 3 fully saturated rings. The minimum Gasteiger partial charge on any atom is -0.450 e. The number of carbonyl (C=O) groups excluding carboxylic acids is 1. The number of carbonyl (C=O) groups is 1. The van der Waals surface area contributed by atoms with Gasteiger partial charge in [0.25, 0.3) is 0 Å². The number of hydrogen-bond donors (Lipinski definition) is 0. The molecule has 3 saturated heterocycles. The van der Waals surface area contributed by atoms with Crippen molar-refractivity contribution in [1.82, 2.24) is 19.7 Å². The Kier molecular flexibility index (Phi) is 6.86. The van der Waals surface area contributed by atoms with Gasteiger partial charge in [0.1, 0.15) is 5.01 Å². The van der Waals surface area contributed by atoms with Gasteiger partial charge in [-0.05, 0) is 71.5 Å². The van der Waals surface area contributed by atoms with E-state index in [1.54, 1.807) is 0 Å². The van der Waals surface area contributed by atoms with Gasteiger partial charge in [-0.1, -0.05) is 0 Å². The fourth-order valence-electron chi connectivity index (χ4n) is 5.31. The summed E-state index contributed by atoms with van der Waals surface area (Å²) < 4.78 is 5.19. The summed E-state index contributed by atoms with van der Waals surface area (Å²) in [6, 6.07) is 1.87. The normalized spacial score (nSPS) is 28.4. The van der Waals surface area contributed by atoms with Gasteiger partial charge < -0.3 is 14.5 Å². The monoisotopic (exact) mass is 406 g/mol. The average Bonchev–Trinajstić information content (AvgIpc) is 3.35. The first-order chi connectivity index (χ1) is 13.8. The lowest BCUT2D eigenvalue weighted by molar-refractivity contribution is 0.0706. The lowest BCUT2D eigenvalue weighted by atomic mass is 9.98. The van der Waals surface area contributed by atoms with Crippen LogP contribution in [0.25, 0.3) is 0 Å². The van der Waals surface area contributed by atoms with E-state index in [-0.39, 0.29) is 6.09 Å². The number of likely N-dealkylation sites (tertiary alicyclic amines) is 3. The number of rotatable bonds is 4. The van der Waals surface area contributed by atoms with E-state index in [1.165, 1.54) is 56.7 Å². The van der Waals surface area contributed by atoms with Crippen molar-refractivity contribution >= 4 is 17.4 Å². The molecule has 0 saturated carbocycles. The molecule has 28 heavy (non-hydrogen) atoms. The second-order valence-electron chi connectivity index (χ2n) is 8.30. The topological polar surface area (TPSA) is 48.9 Å². The van der Waals surface area contributed by atoms with E-state index in [4.69, 9.17) is 4.74 Å². The summed E-state index contributed by atoms with van der Waals surface area (Å²) >= 11 is 1.81. The van der Waals surface area contributed by atoms with Crippen molar-refractivity contribution in [2.24, 2.45) is 0 Å². The molecule has 1 aromatic rings. The van der Waals surface area contributed by atoms with E-state index in [2.05, 4.69) is 20.2 Å². The van der Waals surface area contributed by atoms with Crippen LogP contribution in [0.3, 0.4) is 0 Å². The molecule has 6 nitrogen and oxygen atoms in total. The molecule has 1 aromatic heterocycles. The van der Waals surface area contributed by atoms with Crippen LogP contribution in [0, 0.1) is 0 Å². The minimum absolute atomic E-state index is 0.135. The highest BCUT2D eigenvalue weighted by Gasteiger charge is 2.36. The Morgan fingerprint density at radius 3 is 2.61 bits per heavy atom. The Labute approximate surface area is 172 Å². The summed E-state index contributed by atoms with van der Waals surface area (Å²) in [4.78, 5) is 24.0. The van der Waals surface area contributed by atoms with Crippen LogP contribution in [0.1, 0.15) is 62.9 Å². The molecule has 0 radical (unpaired) electrons. The van der Waals surface area contributed by atoms with Gasteiger partial charge in [0.2, 0.25) is 0 Å². The average molecular weight is 407 g/mol. The zero-order valence-corrected chi connectivity index (χ0v) is 17.9. The highest BCUT2D eigenvalue weighted by Crippen LogP contribution is 2.37. The van der Waals surface area contributed by atoms with E-state index < -0.39 is 0 Å². The maximum Gasteiger partial charge on any atom is 0.409 e. The predicted octanol–water partition coefficient (Wildman–Crippen LogP) is 3.76. The molecule has 7 heteroatoms. The summed E-state index contributed by atoms with van der Waals surface area (Å²) in [5, 5.41) is 3.42. The molecular formula is C21H34N4O2S. The first-order valence-electron chi connectivity index (χ1n) is 11.1. The second-order valence-corrected chi connectivity index (χ2v) is 9.23. The first-order valence-corrected chi connectivity index (χ1v) is 11.9. The fraction of sp³-hybridized carbons (Fsp3) is 0.810. The van der Waals surface area contributed by atoms with Gasteiger partial charge in [-0.25, -0.2) is 9.78 Å². The largest absolute Gasteiger partial charge is 0.450 e. The molecule has 4 heterocycles. The van der Waals surface area contributed by atoms with Crippen LogP contribution >= 0.6 is 11.3 Å². The number of thiazole rings is 1. The quantitative estimate of drug-likeness (QED) is 0.762. The van der Waals surface area contributed by atoms with Crippen LogP contribution in [0.4, 0.5) is 4.79 Å². The van der Waals surface area contributed by atoms with Crippen LogP contribution in [0.2, 0.25) is 0 Å². The lowest BCUT2D eigenvalue weighted by Crippen LogP contribution is -2.48. The molecule has 2 unspecified atom stereocenters. The maximum atomic E-state index is 12.0. The molecule has 3 aliphatic rings. The molecular weight excluding hydrogens is 372 g/mol. The maximum absolute atomic E-state index is 12.0. The zero-order chi connectivity index (χ0) is 19.3. The summed E-state index contributed by atoms with van der Waals surface area (Å²) in [6.07, 6.45) is 10.3. The van der Waals surface area contributed by atoms with Crippen molar-refractivity contribution in [2.75, 3.05) is 39.3 Å². The van der Waals surface area contributed by atoms with E-state index in [0.29, 0.717) is 24.7 Å². The van der Waals surface area contributed by atoms with E-state index in [9.17, 15) is 4.79 Å². The molecule has 0 spiro atoms. The molecule has 2 atom stereocenters. The van der Waals surface area contributed by atoms with Crippen molar-refractivity contribution in [3.05, 3.63) is 16.6 Å². The number of ether oxygens (including phenoxy) is 1. The van der Waals surface area contributed by atoms with Crippen molar-refractivity contribution in [2.45, 2.75) is 70.0 Å². The molecule has 1 amide bonds. The summed E-state index contributed by atoms with van der Waals surface area (Å²) in [6.45, 7) is 7.63. The lowest BCUT2D eigenvalue weighted by Gasteiger charge is -2.41. The third kappa shape index (κ3) is 4.52. The van der Waals surface area contributed by atoms with Gasteiger partial charge in [0.15, 0.2) is 0 Å². The zero-order valence-electron chi connectivity index (χ0n) is 17.1. The van der Waals surface area contributed by atoms with Crippen molar-refractivity contribution in [3.8, 4) is 0 Å². The van der Waals surface area contributed by atoms with Crippen molar-refractivity contribution < 1.29 is 9.53 Å². The summed E-state index contributed by atoms with van der Waals surface area (Å²) in [7, 11) is 0. The Morgan fingerprint density at radius 1 is 1.07 bits per heavy atom. The van der Waals surface area contributed by atoms with E-state index in [1.807, 2.05) is 29.4 Å². The molecule has 3 aliphatic heterocycles. The number of piperidine rings is 1. The van der Waals surface area contributed by atoms with Crippen LogP contribution in [0.15, 0.2) is 11.6 Å². The van der Waals surface area contributed by atoms with Crippen LogP contribution in [0.5, 0.6) is 0 Å². The van der Waals surface area contributed by atoms with Gasteiger partial charge in [-0.15, -0.1) is 11.3 Å². The first kappa shape index (κ1) is 20.1. The fourth-order valence-corrected chi connectivity index (χ4v) is 6.11. The highest BCUT2D eigenvalue weighted by atomic mass is 32.1. The molecule has 4 rings (SSSR count). The Morgan fingerprint density at radius 2 is 1.86 bits per heavy atom. The number of hydrogen-bond acceptors (Lipinski definition) is 6. The molecule has 0 bridgehead atoms. The summed E-state index contributed by atoms with van der Waals surface area (Å²) in [5.41, 5.74) is 0. The Hall–Kier alpha value is -1.18. The van der Waals surface area contributed by atoms with Gasteiger partial charge in [0.05, 0.1) is 12.6 Å². The highest BCUT2D eigenvalue weighted by molar-refractivity contribution is 7.09. The van der Waals surface area contributed by atoms with E-state index >= 15 is 0 Å². The third-order valence-corrected chi connectivity index (χ3v) is 7.62. The minimum atomic E-state index is -0.135. The molecule has 0 aliphatic carbocycles. The van der Waals surface area contributed by atoms with Crippen LogP contribution in [-0.4, -0.2) is 77.2 Å². The molecule has 156 valence electrons. The Balaban J connectivity index is 1.28. The molecule has 0 N–H and O–H groups in total. The predicted molar refractivity (Wildman–Crippen MR) is 112 cm³/mol. The van der Waals surface area contributed by atoms with Crippen molar-refractivity contribution in [3.63, 3.8) is 0 Å². The van der Waals surface area contributed by atoms with Gasteiger partial charge >= 0.3 is 6.09 Å². The number of nitrogens with zero attached hydrogens (tertiary/aromatic N) is 4. The Bertz CT molecular complexity index is 618. The molecule has 0 aromatic carbocycles. The van der Waals surface area contributed by atoms with Crippen molar-refractivity contribution in [1.29, 1.82) is 0 Å². The standard InChI is InChI=1S/C21H34N4O2S/c1-2-27-21(26)24-11-3-5-17(7-15-24)23-13-8-18(9-14-23)25-12-4-6-19(25)20-22-10-16-28-20/h10,16-19H,2-9,11-15H2,1H3. The van der Waals surface area contributed by atoms with Crippen LogP contribution < -0.4 is 0 Å². The number of aromatic nitrogens is 1. The summed E-state index contributed by atoms with van der Waals surface area (Å²) in [5.74, 6) is 0. The van der Waals surface area contributed by atoms with Gasteiger partial charge in [-0.2, -0.15) is 0 Å². The second kappa shape index (κ2) is 9.55. The van der Waals surface area contributed by atoms with Gasteiger partial charge in [0, 0.05) is 36.8 Å². The van der Waals surface area contributed by atoms with Gasteiger partial charge in [-0.3, -0.25) is 4.90 Å². The smallest absolute Gasteiger partial charge is 0.409 e.